The van der Waals surface area contributed by atoms with Crippen molar-refractivity contribution in [2.24, 2.45) is 0 Å². The average molecular weight is 969 g/mol. The molecule has 0 aliphatic heterocycles. The Kier molecular flexibility index (Phi) is 56.5. The number of hydrogen-bond acceptors (Lipinski definition) is 5. The van der Waals surface area contributed by atoms with E-state index < -0.39 is 12.1 Å². The van der Waals surface area contributed by atoms with Gasteiger partial charge in [-0.3, -0.25) is 9.59 Å². The van der Waals surface area contributed by atoms with E-state index in [0.717, 1.165) is 51.4 Å². The van der Waals surface area contributed by atoms with Crippen molar-refractivity contribution in [3.8, 4) is 0 Å². The molecule has 0 heterocycles. The number of unbranched alkanes of at least 4 members (excludes halogenated alkanes) is 39. The van der Waals surface area contributed by atoms with E-state index in [4.69, 9.17) is 4.74 Å². The zero-order chi connectivity index (χ0) is 50.0. The Morgan fingerprint density at radius 3 is 1.14 bits per heavy atom. The van der Waals surface area contributed by atoms with Crippen LogP contribution < -0.4 is 5.32 Å². The molecule has 404 valence electrons. The Balaban J connectivity index is 3.41. The summed E-state index contributed by atoms with van der Waals surface area (Å²) in [6.07, 6.45) is 74.3. The molecule has 0 saturated carbocycles. The average Bonchev–Trinajstić information content (AvgIpc) is 3.35. The Morgan fingerprint density at radius 1 is 0.406 bits per heavy atom. The first-order valence-electron chi connectivity index (χ1n) is 30.4. The topological polar surface area (TPSA) is 95.9 Å². The Labute approximate surface area is 429 Å². The monoisotopic (exact) mass is 968 g/mol. The first kappa shape index (κ1) is 66.8. The summed E-state index contributed by atoms with van der Waals surface area (Å²) in [5.41, 5.74) is 0. The van der Waals surface area contributed by atoms with Crippen LogP contribution >= 0.6 is 0 Å². The van der Waals surface area contributed by atoms with Crippen molar-refractivity contribution in [3.63, 3.8) is 0 Å². The van der Waals surface area contributed by atoms with E-state index >= 15 is 0 Å². The van der Waals surface area contributed by atoms with Crippen LogP contribution in [0.5, 0.6) is 0 Å². The summed E-state index contributed by atoms with van der Waals surface area (Å²) < 4.78 is 5.48. The van der Waals surface area contributed by atoms with Gasteiger partial charge in [-0.1, -0.05) is 262 Å². The number of nitrogens with one attached hydrogen (secondary N) is 1. The number of aliphatic hydroxyl groups excluding tert-OH is 2. The quantitative estimate of drug-likeness (QED) is 0.0321. The molecule has 6 heteroatoms. The molecule has 2 atom stereocenters. The van der Waals surface area contributed by atoms with E-state index in [1.54, 1.807) is 6.08 Å². The number of ether oxygens (including phenoxy) is 1. The Hall–Kier alpha value is -2.18. The van der Waals surface area contributed by atoms with Crippen LogP contribution in [0.3, 0.4) is 0 Å². The number of aliphatic hydroxyl groups is 2. The summed E-state index contributed by atoms with van der Waals surface area (Å²) in [6.45, 7) is 4.86. The fraction of sp³-hybridized carbons (Fsp3) is 0.841. The van der Waals surface area contributed by atoms with Crippen LogP contribution in [0.4, 0.5) is 0 Å². The van der Waals surface area contributed by atoms with Gasteiger partial charge in [-0.05, 0) is 89.9 Å². The minimum Gasteiger partial charge on any atom is -0.466 e. The van der Waals surface area contributed by atoms with Crippen LogP contribution in [0.25, 0.3) is 0 Å². The van der Waals surface area contributed by atoms with Crippen LogP contribution in [0, 0.1) is 0 Å². The van der Waals surface area contributed by atoms with Crippen LogP contribution in [0.2, 0.25) is 0 Å². The molecule has 0 fully saturated rings. The van der Waals surface area contributed by atoms with Gasteiger partial charge >= 0.3 is 5.97 Å². The highest BCUT2D eigenvalue weighted by molar-refractivity contribution is 5.76. The minimum atomic E-state index is -0.846. The van der Waals surface area contributed by atoms with Gasteiger partial charge in [0.05, 0.1) is 25.4 Å². The van der Waals surface area contributed by atoms with Crippen LogP contribution in [-0.2, 0) is 14.3 Å². The second kappa shape index (κ2) is 58.4. The molecule has 0 aromatic carbocycles. The minimum absolute atomic E-state index is 0.00150. The van der Waals surface area contributed by atoms with E-state index in [2.05, 4.69) is 55.6 Å². The second-order valence-corrected chi connectivity index (χ2v) is 20.7. The highest BCUT2D eigenvalue weighted by Crippen LogP contribution is 2.16. The molecule has 0 aliphatic rings. The van der Waals surface area contributed by atoms with Crippen LogP contribution in [-0.4, -0.2) is 47.4 Å². The van der Waals surface area contributed by atoms with Gasteiger partial charge in [0.2, 0.25) is 5.91 Å². The lowest BCUT2D eigenvalue weighted by atomic mass is 10.0. The predicted molar refractivity (Wildman–Crippen MR) is 301 cm³/mol. The molecule has 0 aromatic rings. The Morgan fingerprint density at radius 2 is 0.725 bits per heavy atom. The van der Waals surface area contributed by atoms with Crippen LogP contribution in [0.15, 0.2) is 48.6 Å². The SMILES string of the molecule is CCCCC/C=C\C/C=C\CCCCCCCC(=O)OCCCCCCCCCCCCCC/C=C\CCCCCCCCCCCC(=O)NC(CO)C(O)/C=C/CCCCCCCCCCCC. The maximum absolute atomic E-state index is 12.4. The third-order valence-electron chi connectivity index (χ3n) is 13.8. The maximum atomic E-state index is 12.4. The lowest BCUT2D eigenvalue weighted by molar-refractivity contribution is -0.143. The fourth-order valence-electron chi connectivity index (χ4n) is 9.13. The predicted octanol–water partition coefficient (Wildman–Crippen LogP) is 19.0. The van der Waals surface area contributed by atoms with Crippen molar-refractivity contribution in [2.45, 2.75) is 328 Å². The van der Waals surface area contributed by atoms with E-state index in [1.807, 2.05) is 6.08 Å². The van der Waals surface area contributed by atoms with Gasteiger partial charge in [-0.15, -0.1) is 0 Å². The number of rotatable bonds is 56. The van der Waals surface area contributed by atoms with Crippen molar-refractivity contribution in [1.29, 1.82) is 0 Å². The largest absolute Gasteiger partial charge is 0.466 e. The molecule has 6 nitrogen and oxygen atoms in total. The Bertz CT molecular complexity index is 1160. The molecule has 1 amide bonds. The first-order chi connectivity index (χ1) is 34.0. The third-order valence-corrected chi connectivity index (χ3v) is 13.8. The van der Waals surface area contributed by atoms with E-state index in [-0.39, 0.29) is 18.5 Å². The van der Waals surface area contributed by atoms with Gasteiger partial charge in [0.15, 0.2) is 0 Å². The zero-order valence-corrected chi connectivity index (χ0v) is 46.0. The summed E-state index contributed by atoms with van der Waals surface area (Å²) in [7, 11) is 0. The molecule has 0 aromatic heterocycles. The first-order valence-corrected chi connectivity index (χ1v) is 30.4. The van der Waals surface area contributed by atoms with Gasteiger partial charge in [-0.2, -0.15) is 0 Å². The van der Waals surface area contributed by atoms with E-state index in [9.17, 15) is 19.8 Å². The van der Waals surface area contributed by atoms with Crippen LogP contribution in [0.1, 0.15) is 316 Å². The number of carbonyl (C=O) groups excluding carboxylic acids is 2. The summed E-state index contributed by atoms with van der Waals surface area (Å²) in [5.74, 6) is -0.0736. The number of esters is 1. The van der Waals surface area contributed by atoms with Gasteiger partial charge in [0.1, 0.15) is 0 Å². The summed E-state index contributed by atoms with van der Waals surface area (Å²) in [6, 6.07) is -0.630. The lowest BCUT2D eigenvalue weighted by Crippen LogP contribution is -2.45. The van der Waals surface area contributed by atoms with Crippen molar-refractivity contribution in [2.75, 3.05) is 13.2 Å². The van der Waals surface area contributed by atoms with Gasteiger partial charge in [0, 0.05) is 12.8 Å². The highest BCUT2D eigenvalue weighted by atomic mass is 16.5. The normalized spacial score (nSPS) is 12.9. The number of hydrogen-bond donors (Lipinski definition) is 3. The van der Waals surface area contributed by atoms with Crippen molar-refractivity contribution >= 4 is 11.9 Å². The lowest BCUT2D eigenvalue weighted by Gasteiger charge is -2.20. The number of allylic oxidation sites excluding steroid dienone is 7. The molecule has 0 aliphatic carbocycles. The summed E-state index contributed by atoms with van der Waals surface area (Å²) in [4.78, 5) is 24.5. The molecule has 0 spiro atoms. The molecule has 0 bridgehead atoms. The molecule has 0 saturated heterocycles. The molecule has 2 unspecified atom stereocenters. The van der Waals surface area contributed by atoms with Crippen molar-refractivity contribution in [1.82, 2.24) is 5.32 Å². The smallest absolute Gasteiger partial charge is 0.305 e. The molecule has 0 radical (unpaired) electrons. The maximum Gasteiger partial charge on any atom is 0.305 e. The summed E-state index contributed by atoms with van der Waals surface area (Å²) in [5, 5.41) is 23.0. The molecule has 3 N–H and O–H groups in total. The molecular formula is C63H117NO5. The standard InChI is InChI=1S/C63H117NO5/c1-3-5-7-9-11-13-15-17-29-33-37-41-45-49-53-57-63(68)69-58-54-50-46-42-38-34-31-28-26-24-22-20-18-19-21-23-25-27-30-32-36-40-44-48-52-56-62(67)64-60(59-65)61(66)55-51-47-43-39-35-16-14-12-10-8-6-4-2/h11,13,17,19,21,29,51,55,60-61,65-66H,3-10,12,14-16,18,20,22-28,30-50,52-54,56-59H2,1-2H3,(H,64,67)/b13-11-,21-19-,29-17-,55-51+. The highest BCUT2D eigenvalue weighted by Gasteiger charge is 2.18. The van der Waals surface area contributed by atoms with Crippen molar-refractivity contribution in [3.05, 3.63) is 48.6 Å². The van der Waals surface area contributed by atoms with Gasteiger partial charge < -0.3 is 20.3 Å². The number of carbonyl (C=O) groups is 2. The third kappa shape index (κ3) is 55.0. The fourth-order valence-corrected chi connectivity index (χ4v) is 9.13. The van der Waals surface area contributed by atoms with E-state index in [1.165, 1.54) is 238 Å². The molecule has 0 rings (SSSR count). The van der Waals surface area contributed by atoms with E-state index in [0.29, 0.717) is 19.4 Å². The molecular weight excluding hydrogens is 851 g/mol. The van der Waals surface area contributed by atoms with Crippen molar-refractivity contribution < 1.29 is 24.5 Å². The van der Waals surface area contributed by atoms with Gasteiger partial charge in [0.25, 0.3) is 0 Å². The second-order valence-electron chi connectivity index (χ2n) is 20.7. The number of amides is 1. The van der Waals surface area contributed by atoms with Gasteiger partial charge in [-0.25, -0.2) is 0 Å². The zero-order valence-electron chi connectivity index (χ0n) is 46.0. The summed E-state index contributed by atoms with van der Waals surface area (Å²) >= 11 is 0. The molecule has 69 heavy (non-hydrogen) atoms.